The number of hydrogen-bond donors (Lipinski definition) is 1. The van der Waals surface area contributed by atoms with Crippen LogP contribution in [0, 0.1) is 19.8 Å². The first-order valence-electron chi connectivity index (χ1n) is 11.1. The number of pyridine rings is 2. The molecule has 7 nitrogen and oxygen atoms in total. The van der Waals surface area contributed by atoms with E-state index in [1.54, 1.807) is 18.8 Å². The van der Waals surface area contributed by atoms with Gasteiger partial charge in [0.25, 0.3) is 0 Å². The van der Waals surface area contributed by atoms with Crippen molar-refractivity contribution in [1.29, 1.82) is 0 Å². The number of carbonyl (C=O) groups excluding carboxylic acids is 1. The van der Waals surface area contributed by atoms with E-state index in [1.807, 2.05) is 58.0 Å². The first kappa shape index (κ1) is 23.6. The van der Waals surface area contributed by atoms with E-state index < -0.39 is 0 Å². The number of benzene rings is 1. The van der Waals surface area contributed by atoms with Crippen LogP contribution in [0.1, 0.15) is 36.4 Å². The minimum Gasteiger partial charge on any atom is -0.487 e. The lowest BCUT2D eigenvalue weighted by molar-refractivity contribution is -0.124. The predicted octanol–water partition coefficient (Wildman–Crippen LogP) is 5.23. The maximum absolute atomic E-state index is 12.1. The zero-order chi connectivity index (χ0) is 24.2. The number of thiazole rings is 1. The summed E-state index contributed by atoms with van der Waals surface area (Å²) in [6.07, 6.45) is 1.76. The van der Waals surface area contributed by atoms with Gasteiger partial charge in [0.2, 0.25) is 11.0 Å². The molecular weight excluding hydrogens is 448 g/mol. The summed E-state index contributed by atoms with van der Waals surface area (Å²) in [5.41, 5.74) is 7.98. The molecule has 176 valence electrons. The van der Waals surface area contributed by atoms with E-state index in [9.17, 15) is 4.79 Å². The molecule has 0 saturated heterocycles. The van der Waals surface area contributed by atoms with Crippen molar-refractivity contribution in [3.63, 3.8) is 0 Å². The molecule has 0 spiro atoms. The Bertz CT molecular complexity index is 1330. The van der Waals surface area contributed by atoms with Gasteiger partial charge in [0, 0.05) is 34.3 Å². The minimum absolute atomic E-state index is 0.00565. The number of methoxy groups -OCH3 is 1. The smallest absolute Gasteiger partial charge is 0.222 e. The standard InChI is InChI=1S/C26H28N4O3S/c1-15(2)25(31)28-12-21-20(16(3)9-10-27-21)13-33-22-8-6-7-18-19(11-17(4)30-23(18)22)24-26(32-5)34-14-29-24/h6-11,14-15H,12-13H2,1-5H3,(H,28,31). The molecule has 0 bridgehead atoms. The van der Waals surface area contributed by atoms with Crippen molar-refractivity contribution in [2.45, 2.75) is 40.8 Å². The average Bonchev–Trinajstić information content (AvgIpc) is 3.30. The molecule has 0 aliphatic carbocycles. The second-order valence-corrected chi connectivity index (χ2v) is 9.19. The van der Waals surface area contributed by atoms with Gasteiger partial charge in [0.05, 0.1) is 24.9 Å². The molecule has 0 radical (unpaired) electrons. The van der Waals surface area contributed by atoms with Crippen LogP contribution in [0.15, 0.2) is 42.0 Å². The lowest BCUT2D eigenvalue weighted by atomic mass is 10.0. The zero-order valence-corrected chi connectivity index (χ0v) is 20.8. The molecule has 0 saturated carbocycles. The fourth-order valence-corrected chi connectivity index (χ4v) is 4.37. The molecule has 3 heterocycles. The number of ether oxygens (including phenoxy) is 2. The van der Waals surface area contributed by atoms with Gasteiger partial charge in [-0.2, -0.15) is 0 Å². The number of rotatable bonds is 8. The largest absolute Gasteiger partial charge is 0.487 e. The number of fused-ring (bicyclic) bond motifs is 1. The van der Waals surface area contributed by atoms with Crippen LogP contribution in [0.2, 0.25) is 0 Å². The van der Waals surface area contributed by atoms with Crippen LogP contribution >= 0.6 is 11.3 Å². The second kappa shape index (κ2) is 10.2. The maximum atomic E-state index is 12.1. The third kappa shape index (κ3) is 4.87. The SMILES string of the molecule is COc1scnc1-c1cc(C)nc2c(OCc3c(C)ccnc3CNC(=O)C(C)C)cccc12. The van der Waals surface area contributed by atoms with Crippen molar-refractivity contribution < 1.29 is 14.3 Å². The van der Waals surface area contributed by atoms with E-state index in [0.29, 0.717) is 18.9 Å². The zero-order valence-electron chi connectivity index (χ0n) is 20.0. The molecule has 1 N–H and O–H groups in total. The van der Waals surface area contributed by atoms with Crippen molar-refractivity contribution in [2.24, 2.45) is 5.92 Å². The predicted molar refractivity (Wildman–Crippen MR) is 134 cm³/mol. The molecule has 0 aliphatic heterocycles. The summed E-state index contributed by atoms with van der Waals surface area (Å²) in [7, 11) is 1.65. The monoisotopic (exact) mass is 476 g/mol. The lowest BCUT2D eigenvalue weighted by Crippen LogP contribution is -2.28. The second-order valence-electron chi connectivity index (χ2n) is 8.37. The highest BCUT2D eigenvalue weighted by Crippen LogP contribution is 2.38. The molecule has 0 atom stereocenters. The summed E-state index contributed by atoms with van der Waals surface area (Å²) in [6.45, 7) is 8.39. The summed E-state index contributed by atoms with van der Waals surface area (Å²) < 4.78 is 11.8. The topological polar surface area (TPSA) is 86.2 Å². The Hall–Kier alpha value is -3.52. The van der Waals surface area contributed by atoms with Crippen LogP contribution < -0.4 is 14.8 Å². The maximum Gasteiger partial charge on any atom is 0.222 e. The van der Waals surface area contributed by atoms with Gasteiger partial charge in [0.1, 0.15) is 23.6 Å². The first-order valence-corrected chi connectivity index (χ1v) is 12.0. The van der Waals surface area contributed by atoms with E-state index in [0.717, 1.165) is 49.7 Å². The number of hydrogen-bond acceptors (Lipinski definition) is 7. The lowest BCUT2D eigenvalue weighted by Gasteiger charge is -2.16. The van der Waals surface area contributed by atoms with Crippen molar-refractivity contribution in [1.82, 2.24) is 20.3 Å². The molecule has 34 heavy (non-hydrogen) atoms. The van der Waals surface area contributed by atoms with Gasteiger partial charge in [-0.25, -0.2) is 9.97 Å². The van der Waals surface area contributed by atoms with E-state index in [1.165, 1.54) is 11.3 Å². The number of carbonyl (C=O) groups is 1. The minimum atomic E-state index is -0.0833. The third-order valence-electron chi connectivity index (χ3n) is 5.61. The Morgan fingerprint density at radius 3 is 2.76 bits per heavy atom. The Morgan fingerprint density at radius 1 is 1.18 bits per heavy atom. The number of nitrogens with zero attached hydrogens (tertiary/aromatic N) is 3. The third-order valence-corrected chi connectivity index (χ3v) is 6.40. The fourth-order valence-electron chi connectivity index (χ4n) is 3.74. The molecule has 0 aliphatic rings. The van der Waals surface area contributed by atoms with Crippen LogP contribution in [-0.2, 0) is 17.9 Å². The van der Waals surface area contributed by atoms with E-state index >= 15 is 0 Å². The van der Waals surface area contributed by atoms with Gasteiger partial charge in [-0.3, -0.25) is 9.78 Å². The molecule has 4 rings (SSSR count). The Balaban J connectivity index is 1.66. The summed E-state index contributed by atoms with van der Waals surface area (Å²) in [5.74, 6) is 0.589. The highest BCUT2D eigenvalue weighted by molar-refractivity contribution is 7.12. The Kier molecular flexibility index (Phi) is 7.07. The summed E-state index contributed by atoms with van der Waals surface area (Å²) in [6, 6.07) is 9.86. The fraction of sp³-hybridized carbons (Fsp3) is 0.308. The van der Waals surface area contributed by atoms with E-state index in [4.69, 9.17) is 14.5 Å². The number of nitrogens with one attached hydrogen (secondary N) is 1. The number of amides is 1. The van der Waals surface area contributed by atoms with Crippen LogP contribution in [0.3, 0.4) is 0 Å². The highest BCUT2D eigenvalue weighted by Gasteiger charge is 2.17. The molecular formula is C26H28N4O3S. The van der Waals surface area contributed by atoms with Crippen LogP contribution in [0.5, 0.6) is 10.8 Å². The molecule has 1 aromatic carbocycles. The normalized spacial score (nSPS) is 11.1. The molecule has 0 unspecified atom stereocenters. The quantitative estimate of drug-likeness (QED) is 0.375. The van der Waals surface area contributed by atoms with E-state index in [-0.39, 0.29) is 11.8 Å². The summed E-state index contributed by atoms with van der Waals surface area (Å²) >= 11 is 1.46. The number of aryl methyl sites for hydroxylation is 2. The molecule has 1 amide bonds. The molecule has 8 heteroatoms. The van der Waals surface area contributed by atoms with Gasteiger partial charge in [-0.1, -0.05) is 37.3 Å². The van der Waals surface area contributed by atoms with Crippen LogP contribution in [-0.4, -0.2) is 28.0 Å². The van der Waals surface area contributed by atoms with Crippen molar-refractivity contribution >= 4 is 28.1 Å². The highest BCUT2D eigenvalue weighted by atomic mass is 32.1. The Labute approximate surface area is 203 Å². The van der Waals surface area contributed by atoms with Gasteiger partial charge >= 0.3 is 0 Å². The van der Waals surface area contributed by atoms with Crippen molar-refractivity contribution in [2.75, 3.05) is 7.11 Å². The van der Waals surface area contributed by atoms with Crippen molar-refractivity contribution in [3.05, 3.63) is 64.6 Å². The van der Waals surface area contributed by atoms with Gasteiger partial charge in [-0.05, 0) is 37.6 Å². The van der Waals surface area contributed by atoms with Crippen LogP contribution in [0.25, 0.3) is 22.2 Å². The summed E-state index contributed by atoms with van der Waals surface area (Å²) in [4.78, 5) is 25.8. The number of para-hydroxylation sites is 1. The Morgan fingerprint density at radius 2 is 2.00 bits per heavy atom. The number of aromatic nitrogens is 3. The van der Waals surface area contributed by atoms with Crippen LogP contribution in [0.4, 0.5) is 0 Å². The first-order chi connectivity index (χ1) is 16.4. The van der Waals surface area contributed by atoms with Gasteiger partial charge in [0.15, 0.2) is 0 Å². The van der Waals surface area contributed by atoms with Gasteiger partial charge in [-0.15, -0.1) is 0 Å². The van der Waals surface area contributed by atoms with Crippen molar-refractivity contribution in [3.8, 4) is 22.1 Å². The molecule has 0 fully saturated rings. The average molecular weight is 477 g/mol. The summed E-state index contributed by atoms with van der Waals surface area (Å²) in [5, 5.41) is 4.65. The van der Waals surface area contributed by atoms with E-state index in [2.05, 4.69) is 15.3 Å². The molecule has 3 aromatic heterocycles. The van der Waals surface area contributed by atoms with Gasteiger partial charge < -0.3 is 14.8 Å². The molecule has 4 aromatic rings.